The summed E-state index contributed by atoms with van der Waals surface area (Å²) in [7, 11) is 2.71. The third-order valence-corrected chi connectivity index (χ3v) is 1.98. The van der Waals surface area contributed by atoms with Crippen LogP contribution in [0.1, 0.15) is 10.4 Å². The molecule has 0 saturated carbocycles. The molecule has 0 heterocycles. The number of rotatable bonds is 3. The quantitative estimate of drug-likeness (QED) is 0.470. The summed E-state index contributed by atoms with van der Waals surface area (Å²) < 4.78 is 5.57. The van der Waals surface area contributed by atoms with Crippen LogP contribution in [-0.4, -0.2) is 20.2 Å². The molecule has 0 atom stereocenters. The number of nitrogens with zero attached hydrogens (tertiary/aromatic N) is 1. The summed E-state index contributed by atoms with van der Waals surface area (Å²) in [6.07, 6.45) is 0. The van der Waals surface area contributed by atoms with Gasteiger partial charge >= 0.3 is 5.97 Å². The lowest BCUT2D eigenvalue weighted by Gasteiger charge is -2.14. The highest BCUT2D eigenvalue weighted by Gasteiger charge is 2.14. The standard InChI is InChI=1S/C9H10ClNO3.ClH/c1-13-9(12)7-5-3-4-6-8(7)11(10)14-2;/h3-6H,1-2H3;1H. The van der Waals surface area contributed by atoms with Crippen LogP contribution in [0.5, 0.6) is 0 Å². The lowest BCUT2D eigenvalue weighted by Crippen LogP contribution is -2.13. The summed E-state index contributed by atoms with van der Waals surface area (Å²) in [5, 5.41) is 0. The van der Waals surface area contributed by atoms with E-state index in [1.165, 1.54) is 14.2 Å². The van der Waals surface area contributed by atoms with Crippen LogP contribution in [-0.2, 0) is 9.57 Å². The summed E-state index contributed by atoms with van der Waals surface area (Å²) in [4.78, 5) is 16.1. The highest BCUT2D eigenvalue weighted by Crippen LogP contribution is 2.22. The number of benzene rings is 1. The Labute approximate surface area is 99.2 Å². The highest BCUT2D eigenvalue weighted by atomic mass is 35.5. The van der Waals surface area contributed by atoms with Gasteiger partial charge in [-0.2, -0.15) is 4.58 Å². The Kier molecular flexibility index (Phi) is 6.08. The predicted octanol–water partition coefficient (Wildman–Crippen LogP) is 2.42. The Bertz CT molecular complexity index is 333. The number of para-hydroxylation sites is 1. The molecule has 0 aliphatic rings. The number of carbonyl (C=O) groups is 1. The molecule has 0 aliphatic carbocycles. The molecule has 4 nitrogen and oxygen atoms in total. The SMILES string of the molecule is COC(=O)c1ccccc1N(Cl)OC.Cl. The first-order valence-corrected chi connectivity index (χ1v) is 4.22. The smallest absolute Gasteiger partial charge is 0.340 e. The molecular formula is C9H11Cl2NO3. The molecule has 1 rings (SSSR count). The fourth-order valence-corrected chi connectivity index (χ4v) is 1.16. The van der Waals surface area contributed by atoms with E-state index in [-0.39, 0.29) is 12.4 Å². The van der Waals surface area contributed by atoms with Gasteiger partial charge in [0.2, 0.25) is 0 Å². The van der Waals surface area contributed by atoms with E-state index in [2.05, 4.69) is 4.74 Å². The van der Waals surface area contributed by atoms with Crippen LogP contribution in [0, 0.1) is 0 Å². The molecule has 0 N–H and O–H groups in total. The minimum Gasteiger partial charge on any atom is -0.465 e. The van der Waals surface area contributed by atoms with Crippen molar-refractivity contribution in [1.29, 1.82) is 0 Å². The van der Waals surface area contributed by atoms with E-state index in [9.17, 15) is 4.79 Å². The number of hydrogen-bond acceptors (Lipinski definition) is 4. The van der Waals surface area contributed by atoms with Gasteiger partial charge in [-0.25, -0.2) is 4.79 Å². The van der Waals surface area contributed by atoms with Crippen molar-refractivity contribution in [2.24, 2.45) is 0 Å². The Morgan fingerprint density at radius 1 is 1.33 bits per heavy atom. The third-order valence-electron chi connectivity index (χ3n) is 1.66. The van der Waals surface area contributed by atoms with Gasteiger partial charge < -0.3 is 4.74 Å². The highest BCUT2D eigenvalue weighted by molar-refractivity contribution is 6.25. The summed E-state index contributed by atoms with van der Waals surface area (Å²) in [5.41, 5.74) is 0.801. The second kappa shape index (κ2) is 6.50. The molecule has 6 heteroatoms. The van der Waals surface area contributed by atoms with Gasteiger partial charge in [0.15, 0.2) is 0 Å². The van der Waals surface area contributed by atoms with Crippen molar-refractivity contribution in [3.63, 3.8) is 0 Å². The van der Waals surface area contributed by atoms with E-state index in [0.717, 1.165) is 4.58 Å². The fourth-order valence-electron chi connectivity index (χ4n) is 1.01. The normalized spacial score (nSPS) is 9.00. The van der Waals surface area contributed by atoms with E-state index in [1.807, 2.05) is 0 Å². The minimum absolute atomic E-state index is 0. The van der Waals surface area contributed by atoms with Gasteiger partial charge in [-0.15, -0.1) is 12.4 Å². The van der Waals surface area contributed by atoms with Crippen LogP contribution >= 0.6 is 24.2 Å². The maximum atomic E-state index is 11.3. The number of carbonyl (C=O) groups excluding carboxylic acids is 1. The molecular weight excluding hydrogens is 241 g/mol. The van der Waals surface area contributed by atoms with E-state index >= 15 is 0 Å². The molecule has 0 amide bonds. The van der Waals surface area contributed by atoms with Crippen LogP contribution in [0.2, 0.25) is 0 Å². The van der Waals surface area contributed by atoms with Crippen molar-refractivity contribution < 1.29 is 14.4 Å². The van der Waals surface area contributed by atoms with Gasteiger partial charge in [0.05, 0.1) is 25.5 Å². The van der Waals surface area contributed by atoms with Gasteiger partial charge in [0, 0.05) is 11.8 Å². The van der Waals surface area contributed by atoms with Crippen molar-refractivity contribution >= 4 is 35.8 Å². The van der Waals surface area contributed by atoms with E-state index in [4.69, 9.17) is 16.6 Å². The zero-order valence-electron chi connectivity index (χ0n) is 8.27. The van der Waals surface area contributed by atoms with Crippen molar-refractivity contribution in [3.8, 4) is 0 Å². The Morgan fingerprint density at radius 3 is 2.47 bits per heavy atom. The first-order chi connectivity index (χ1) is 6.70. The van der Waals surface area contributed by atoms with Gasteiger partial charge in [-0.05, 0) is 12.1 Å². The van der Waals surface area contributed by atoms with Crippen molar-refractivity contribution in [1.82, 2.24) is 0 Å². The predicted molar refractivity (Wildman–Crippen MR) is 60.4 cm³/mol. The zero-order chi connectivity index (χ0) is 10.6. The van der Waals surface area contributed by atoms with Crippen molar-refractivity contribution in [2.45, 2.75) is 0 Å². The summed E-state index contributed by atoms with van der Waals surface area (Å²) in [5.74, 6) is -0.455. The molecule has 0 aromatic heterocycles. The first-order valence-electron chi connectivity index (χ1n) is 3.88. The molecule has 0 bridgehead atoms. The molecule has 0 fully saturated rings. The van der Waals surface area contributed by atoms with Crippen molar-refractivity contribution in [2.75, 3.05) is 18.8 Å². The minimum atomic E-state index is -0.455. The van der Waals surface area contributed by atoms with Gasteiger partial charge in [0.25, 0.3) is 0 Å². The molecule has 0 aliphatic heterocycles. The monoisotopic (exact) mass is 251 g/mol. The number of esters is 1. The summed E-state index contributed by atoms with van der Waals surface area (Å²) >= 11 is 5.70. The third kappa shape index (κ3) is 3.27. The number of halogens is 2. The maximum Gasteiger partial charge on any atom is 0.340 e. The first kappa shape index (κ1) is 14.0. The number of ether oxygens (including phenoxy) is 1. The van der Waals surface area contributed by atoms with Crippen LogP contribution in [0.4, 0.5) is 5.69 Å². The number of anilines is 1. The molecule has 0 unspecified atom stereocenters. The molecule has 0 saturated heterocycles. The Hall–Kier alpha value is -0.970. The molecule has 84 valence electrons. The van der Waals surface area contributed by atoms with E-state index in [1.54, 1.807) is 24.3 Å². The fraction of sp³-hybridized carbons (Fsp3) is 0.222. The maximum absolute atomic E-state index is 11.3. The van der Waals surface area contributed by atoms with Crippen LogP contribution < -0.4 is 4.58 Å². The zero-order valence-corrected chi connectivity index (χ0v) is 9.84. The van der Waals surface area contributed by atoms with Crippen molar-refractivity contribution in [3.05, 3.63) is 29.8 Å². The van der Waals surface area contributed by atoms with E-state index < -0.39 is 5.97 Å². The van der Waals surface area contributed by atoms with Crippen LogP contribution in [0.3, 0.4) is 0 Å². The number of methoxy groups -OCH3 is 1. The van der Waals surface area contributed by atoms with Gasteiger partial charge in [0.1, 0.15) is 0 Å². The lowest BCUT2D eigenvalue weighted by molar-refractivity contribution is 0.0600. The molecule has 0 radical (unpaired) electrons. The average molecular weight is 252 g/mol. The molecule has 1 aromatic carbocycles. The molecule has 0 spiro atoms. The van der Waals surface area contributed by atoms with Gasteiger partial charge in [-0.3, -0.25) is 4.84 Å². The van der Waals surface area contributed by atoms with Gasteiger partial charge in [-0.1, -0.05) is 12.1 Å². The molecule has 15 heavy (non-hydrogen) atoms. The number of hydrogen-bond donors (Lipinski definition) is 0. The average Bonchev–Trinajstić information content (AvgIpc) is 2.27. The molecule has 1 aromatic rings. The van der Waals surface area contributed by atoms with Crippen LogP contribution in [0.25, 0.3) is 0 Å². The lowest BCUT2D eigenvalue weighted by atomic mass is 10.2. The second-order valence-corrected chi connectivity index (χ2v) is 2.74. The topological polar surface area (TPSA) is 38.8 Å². The Morgan fingerprint density at radius 2 is 1.93 bits per heavy atom. The Balaban J connectivity index is 0.00000196. The van der Waals surface area contributed by atoms with Crippen LogP contribution in [0.15, 0.2) is 24.3 Å². The second-order valence-electron chi connectivity index (χ2n) is 2.44. The largest absolute Gasteiger partial charge is 0.465 e. The van der Waals surface area contributed by atoms with E-state index in [0.29, 0.717) is 11.3 Å². The summed E-state index contributed by atoms with van der Waals surface area (Å²) in [6, 6.07) is 6.73. The summed E-state index contributed by atoms with van der Waals surface area (Å²) in [6.45, 7) is 0.